The summed E-state index contributed by atoms with van der Waals surface area (Å²) in [5, 5.41) is 5.93. The summed E-state index contributed by atoms with van der Waals surface area (Å²) >= 11 is 11.9. The average Bonchev–Trinajstić information content (AvgIpc) is 2.29. The van der Waals surface area contributed by atoms with Crippen LogP contribution in [0.3, 0.4) is 0 Å². The maximum Gasteiger partial charge on any atom is 0.243 e. The summed E-state index contributed by atoms with van der Waals surface area (Å²) in [6.45, 7) is -0.0725. The lowest BCUT2D eigenvalue weighted by atomic mass is 9.85. The number of nitrogens with one attached hydrogen (secondary N) is 2. The first-order valence-electron chi connectivity index (χ1n) is 6.09. The summed E-state index contributed by atoms with van der Waals surface area (Å²) < 4.78 is 0. The number of hydrogen-bond donors (Lipinski definition) is 2. The highest BCUT2D eigenvalue weighted by atomic mass is 35.5. The zero-order valence-electron chi connectivity index (χ0n) is 10.2. The highest BCUT2D eigenvalue weighted by molar-refractivity contribution is 6.39. The van der Waals surface area contributed by atoms with E-state index in [0.717, 1.165) is 19.3 Å². The van der Waals surface area contributed by atoms with Crippen LogP contribution in [0.1, 0.15) is 19.3 Å². The fourth-order valence-electron chi connectivity index (χ4n) is 1.78. The van der Waals surface area contributed by atoms with Crippen LogP contribution in [0.5, 0.6) is 0 Å². The van der Waals surface area contributed by atoms with Gasteiger partial charge in [0, 0.05) is 5.92 Å². The van der Waals surface area contributed by atoms with E-state index in [4.69, 9.17) is 23.2 Å². The van der Waals surface area contributed by atoms with E-state index >= 15 is 0 Å². The third kappa shape index (κ3) is 3.61. The van der Waals surface area contributed by atoms with Crippen LogP contribution in [0, 0.1) is 5.92 Å². The molecule has 1 aliphatic rings. The molecule has 0 heterocycles. The lowest BCUT2D eigenvalue weighted by Gasteiger charge is -2.23. The fourth-order valence-corrected chi connectivity index (χ4v) is 2.27. The Hall–Kier alpha value is -1.26. The van der Waals surface area contributed by atoms with Gasteiger partial charge in [0.25, 0.3) is 0 Å². The van der Waals surface area contributed by atoms with Crippen LogP contribution in [-0.2, 0) is 9.59 Å². The van der Waals surface area contributed by atoms with Gasteiger partial charge in [0.2, 0.25) is 11.8 Å². The van der Waals surface area contributed by atoms with E-state index in [0.29, 0.717) is 15.7 Å². The first-order valence-corrected chi connectivity index (χ1v) is 6.85. The van der Waals surface area contributed by atoms with Crippen molar-refractivity contribution in [1.82, 2.24) is 5.32 Å². The van der Waals surface area contributed by atoms with Crippen molar-refractivity contribution >= 4 is 40.7 Å². The maximum atomic E-state index is 11.7. The Morgan fingerprint density at radius 1 is 1.21 bits per heavy atom. The minimum atomic E-state index is -0.345. The van der Waals surface area contributed by atoms with Gasteiger partial charge in [0.1, 0.15) is 0 Å². The highest BCUT2D eigenvalue weighted by Gasteiger charge is 2.25. The minimum Gasteiger partial charge on any atom is -0.347 e. The van der Waals surface area contributed by atoms with E-state index in [1.165, 1.54) is 0 Å². The molecule has 0 spiro atoms. The largest absolute Gasteiger partial charge is 0.347 e. The zero-order chi connectivity index (χ0) is 13.8. The topological polar surface area (TPSA) is 58.2 Å². The molecule has 0 atom stereocenters. The number of hydrogen-bond acceptors (Lipinski definition) is 2. The molecule has 1 aromatic carbocycles. The normalized spacial score (nSPS) is 14.6. The molecule has 1 aliphatic carbocycles. The van der Waals surface area contributed by atoms with Crippen molar-refractivity contribution in [2.75, 3.05) is 11.9 Å². The summed E-state index contributed by atoms with van der Waals surface area (Å²) in [6.07, 6.45) is 2.90. The molecule has 0 aliphatic heterocycles. The third-order valence-corrected chi connectivity index (χ3v) is 3.76. The van der Waals surface area contributed by atoms with Crippen LogP contribution in [0.4, 0.5) is 5.69 Å². The summed E-state index contributed by atoms with van der Waals surface area (Å²) in [5.74, 6) is -0.342. The second kappa shape index (κ2) is 6.26. The summed E-state index contributed by atoms with van der Waals surface area (Å²) in [7, 11) is 0. The smallest absolute Gasteiger partial charge is 0.243 e. The van der Waals surface area contributed by atoms with Crippen LogP contribution in [0.2, 0.25) is 10.0 Å². The number of benzene rings is 1. The van der Waals surface area contributed by atoms with Crippen molar-refractivity contribution in [3.63, 3.8) is 0 Å². The van der Waals surface area contributed by atoms with Crippen LogP contribution >= 0.6 is 23.2 Å². The van der Waals surface area contributed by atoms with Crippen molar-refractivity contribution in [2.24, 2.45) is 5.92 Å². The van der Waals surface area contributed by atoms with E-state index in [9.17, 15) is 9.59 Å². The number of carbonyl (C=O) groups excluding carboxylic acids is 2. The molecule has 1 fully saturated rings. The standard InChI is InChI=1S/C13H14Cl2N2O2/c14-9-5-2-6-10(15)12(9)17-11(18)7-16-13(19)8-3-1-4-8/h2,5-6,8H,1,3-4,7H2,(H,16,19)(H,17,18). The Labute approximate surface area is 121 Å². The number of carbonyl (C=O) groups is 2. The van der Waals surface area contributed by atoms with Gasteiger partial charge in [-0.05, 0) is 25.0 Å². The van der Waals surface area contributed by atoms with Gasteiger partial charge in [-0.1, -0.05) is 35.7 Å². The maximum absolute atomic E-state index is 11.7. The molecule has 0 aromatic heterocycles. The van der Waals surface area contributed by atoms with E-state index in [-0.39, 0.29) is 24.3 Å². The molecule has 1 aromatic rings. The zero-order valence-corrected chi connectivity index (χ0v) is 11.7. The Bertz CT molecular complexity index is 481. The Balaban J connectivity index is 1.85. The number of para-hydroxylation sites is 1. The monoisotopic (exact) mass is 300 g/mol. The summed E-state index contributed by atoms with van der Waals surface area (Å²) in [4.78, 5) is 23.3. The van der Waals surface area contributed by atoms with E-state index in [1.54, 1.807) is 18.2 Å². The number of halogens is 2. The van der Waals surface area contributed by atoms with Crippen LogP contribution in [-0.4, -0.2) is 18.4 Å². The first-order chi connectivity index (χ1) is 9.08. The van der Waals surface area contributed by atoms with Gasteiger partial charge in [-0.3, -0.25) is 9.59 Å². The summed E-state index contributed by atoms with van der Waals surface area (Å²) in [5.41, 5.74) is 0.369. The van der Waals surface area contributed by atoms with Gasteiger partial charge in [-0.2, -0.15) is 0 Å². The van der Waals surface area contributed by atoms with Crippen LogP contribution in [0.25, 0.3) is 0 Å². The molecule has 19 heavy (non-hydrogen) atoms. The predicted octanol–water partition coefficient (Wildman–Crippen LogP) is 2.85. The van der Waals surface area contributed by atoms with Gasteiger partial charge in [0.05, 0.1) is 22.3 Å². The lowest BCUT2D eigenvalue weighted by Crippen LogP contribution is -2.39. The molecule has 102 valence electrons. The first kappa shape index (κ1) is 14.2. The lowest BCUT2D eigenvalue weighted by molar-refractivity contribution is -0.129. The molecule has 2 amide bonds. The molecule has 2 N–H and O–H groups in total. The molecule has 0 radical (unpaired) electrons. The van der Waals surface area contributed by atoms with Crippen molar-refractivity contribution in [2.45, 2.75) is 19.3 Å². The van der Waals surface area contributed by atoms with Crippen molar-refractivity contribution in [3.8, 4) is 0 Å². The number of rotatable bonds is 4. The van der Waals surface area contributed by atoms with E-state index in [2.05, 4.69) is 10.6 Å². The van der Waals surface area contributed by atoms with Gasteiger partial charge >= 0.3 is 0 Å². The van der Waals surface area contributed by atoms with Gasteiger partial charge in [0.15, 0.2) is 0 Å². The van der Waals surface area contributed by atoms with Gasteiger partial charge < -0.3 is 10.6 Å². The quantitative estimate of drug-likeness (QED) is 0.898. The van der Waals surface area contributed by atoms with Gasteiger partial charge in [-0.15, -0.1) is 0 Å². The second-order valence-electron chi connectivity index (χ2n) is 4.49. The molecule has 0 saturated heterocycles. The number of anilines is 1. The fraction of sp³-hybridized carbons (Fsp3) is 0.385. The van der Waals surface area contributed by atoms with E-state index in [1.807, 2.05) is 0 Å². The van der Waals surface area contributed by atoms with Crippen molar-refractivity contribution in [1.29, 1.82) is 0 Å². The van der Waals surface area contributed by atoms with Gasteiger partial charge in [-0.25, -0.2) is 0 Å². The average molecular weight is 301 g/mol. The Morgan fingerprint density at radius 2 is 1.84 bits per heavy atom. The molecule has 1 saturated carbocycles. The summed E-state index contributed by atoms with van der Waals surface area (Å²) in [6, 6.07) is 4.96. The third-order valence-electron chi connectivity index (χ3n) is 3.13. The molecule has 6 heteroatoms. The van der Waals surface area contributed by atoms with E-state index < -0.39 is 0 Å². The molecule has 0 bridgehead atoms. The van der Waals surface area contributed by atoms with Crippen LogP contribution < -0.4 is 10.6 Å². The molecular weight excluding hydrogens is 287 g/mol. The predicted molar refractivity (Wildman–Crippen MR) is 75.4 cm³/mol. The molecular formula is C13H14Cl2N2O2. The SMILES string of the molecule is O=C(CNC(=O)C1CCC1)Nc1c(Cl)cccc1Cl. The molecule has 4 nitrogen and oxygen atoms in total. The molecule has 0 unspecified atom stereocenters. The number of amides is 2. The second-order valence-corrected chi connectivity index (χ2v) is 5.30. The van der Waals surface area contributed by atoms with Crippen LogP contribution in [0.15, 0.2) is 18.2 Å². The van der Waals surface area contributed by atoms with Crippen molar-refractivity contribution < 1.29 is 9.59 Å². The minimum absolute atomic E-state index is 0.0633. The molecule has 2 rings (SSSR count). The van der Waals surface area contributed by atoms with Crippen molar-refractivity contribution in [3.05, 3.63) is 28.2 Å². The Morgan fingerprint density at radius 3 is 2.37 bits per heavy atom. The highest BCUT2D eigenvalue weighted by Crippen LogP contribution is 2.29. The Kier molecular flexibility index (Phi) is 4.66.